The van der Waals surface area contributed by atoms with Gasteiger partial charge in [-0.3, -0.25) is 0 Å². The highest BCUT2D eigenvalue weighted by atomic mass is 16.4. The van der Waals surface area contributed by atoms with Gasteiger partial charge in [-0.2, -0.15) is 0 Å². The third kappa shape index (κ3) is 2.75. The van der Waals surface area contributed by atoms with Gasteiger partial charge in [-0.25, -0.2) is 4.79 Å². The molecule has 0 aliphatic carbocycles. The Morgan fingerprint density at radius 2 is 2.05 bits per heavy atom. The summed E-state index contributed by atoms with van der Waals surface area (Å²) in [6.07, 6.45) is 1.75. The quantitative estimate of drug-likeness (QED) is 0.855. The molecule has 0 saturated carbocycles. The number of carbonyl (C=O) groups is 1. The molecule has 0 fully saturated rings. The normalized spacial score (nSPS) is 11.5. The molecular formula is C18H26N2O2. The number of benzene rings is 1. The number of carboxylic acid groups (broad SMARTS) is 1. The van der Waals surface area contributed by atoms with Gasteiger partial charge >= 0.3 is 5.97 Å². The lowest BCUT2D eigenvalue weighted by atomic mass is 9.96. The number of aromatic carboxylic acids is 1. The van der Waals surface area contributed by atoms with Crippen LogP contribution in [0, 0.1) is 6.92 Å². The number of nitrogens with zero attached hydrogens (tertiary/aromatic N) is 1. The second kappa shape index (κ2) is 6.53. The highest BCUT2D eigenvalue weighted by Crippen LogP contribution is 2.32. The first-order valence-electron chi connectivity index (χ1n) is 8.01. The molecule has 1 aromatic carbocycles. The Morgan fingerprint density at radius 1 is 1.36 bits per heavy atom. The Hall–Kier alpha value is -1.81. The van der Waals surface area contributed by atoms with Crippen LogP contribution in [0.25, 0.3) is 10.9 Å². The molecular weight excluding hydrogens is 276 g/mol. The van der Waals surface area contributed by atoms with Crippen LogP contribution in [0.5, 0.6) is 0 Å². The Labute approximate surface area is 131 Å². The molecule has 1 aromatic heterocycles. The summed E-state index contributed by atoms with van der Waals surface area (Å²) in [6, 6.07) is 3.99. The van der Waals surface area contributed by atoms with Crippen molar-refractivity contribution in [3.63, 3.8) is 0 Å². The highest BCUT2D eigenvalue weighted by Gasteiger charge is 2.20. The van der Waals surface area contributed by atoms with Gasteiger partial charge in [-0.1, -0.05) is 20.8 Å². The molecule has 3 N–H and O–H groups in total. The summed E-state index contributed by atoms with van der Waals surface area (Å²) in [5, 5.41) is 10.8. The molecule has 0 saturated heterocycles. The van der Waals surface area contributed by atoms with E-state index < -0.39 is 5.97 Å². The largest absolute Gasteiger partial charge is 0.478 e. The zero-order chi connectivity index (χ0) is 16.4. The van der Waals surface area contributed by atoms with Gasteiger partial charge in [-0.05, 0) is 55.5 Å². The maximum absolute atomic E-state index is 11.8. The standard InChI is InChI=1S/C18H26N2O2/c1-5-14-12(4)20(8-6-7-19)17-15(14)9-13(11(2)3)10-16(17)18(21)22/h9-11H,5-8,19H2,1-4H3,(H,21,22). The van der Waals surface area contributed by atoms with Gasteiger partial charge in [0, 0.05) is 17.6 Å². The fourth-order valence-electron chi connectivity index (χ4n) is 3.17. The topological polar surface area (TPSA) is 68.2 Å². The van der Waals surface area contributed by atoms with Crippen molar-refractivity contribution >= 4 is 16.9 Å². The Bertz CT molecular complexity index is 699. The van der Waals surface area contributed by atoms with Crippen molar-refractivity contribution < 1.29 is 9.90 Å². The van der Waals surface area contributed by atoms with Gasteiger partial charge in [0.1, 0.15) is 0 Å². The SMILES string of the molecule is CCc1c(C)n(CCCN)c2c(C(=O)O)cc(C(C)C)cc12. The van der Waals surface area contributed by atoms with E-state index in [-0.39, 0.29) is 0 Å². The molecule has 120 valence electrons. The molecule has 0 spiro atoms. The van der Waals surface area contributed by atoms with Crippen LogP contribution in [0.4, 0.5) is 0 Å². The van der Waals surface area contributed by atoms with Gasteiger partial charge in [0.2, 0.25) is 0 Å². The summed E-state index contributed by atoms with van der Waals surface area (Å²) in [4.78, 5) is 11.8. The van der Waals surface area contributed by atoms with Crippen LogP contribution in [0.3, 0.4) is 0 Å². The number of hydrogen-bond donors (Lipinski definition) is 2. The highest BCUT2D eigenvalue weighted by molar-refractivity contribution is 6.04. The van der Waals surface area contributed by atoms with E-state index in [4.69, 9.17) is 5.73 Å². The summed E-state index contributed by atoms with van der Waals surface area (Å²) < 4.78 is 2.13. The molecule has 0 atom stereocenters. The van der Waals surface area contributed by atoms with Crippen molar-refractivity contribution in [2.24, 2.45) is 5.73 Å². The number of nitrogens with two attached hydrogens (primary N) is 1. The van der Waals surface area contributed by atoms with E-state index in [1.807, 2.05) is 6.07 Å². The van der Waals surface area contributed by atoms with Gasteiger partial charge in [0.25, 0.3) is 0 Å². The van der Waals surface area contributed by atoms with Crippen LogP contribution in [-0.4, -0.2) is 22.2 Å². The zero-order valence-electron chi connectivity index (χ0n) is 13.9. The number of rotatable bonds is 6. The molecule has 1 heterocycles. The molecule has 4 nitrogen and oxygen atoms in total. The van der Waals surface area contributed by atoms with Gasteiger partial charge < -0.3 is 15.4 Å². The average molecular weight is 302 g/mol. The van der Waals surface area contributed by atoms with Crippen molar-refractivity contribution in [3.8, 4) is 0 Å². The van der Waals surface area contributed by atoms with E-state index in [0.717, 1.165) is 41.5 Å². The van der Waals surface area contributed by atoms with E-state index in [0.29, 0.717) is 18.0 Å². The van der Waals surface area contributed by atoms with Crippen LogP contribution in [0.2, 0.25) is 0 Å². The average Bonchev–Trinajstić information content (AvgIpc) is 2.74. The number of aryl methyl sites for hydroxylation is 2. The summed E-state index contributed by atoms with van der Waals surface area (Å²) in [6.45, 7) is 9.76. The van der Waals surface area contributed by atoms with Crippen molar-refractivity contribution in [3.05, 3.63) is 34.5 Å². The Morgan fingerprint density at radius 3 is 2.55 bits per heavy atom. The minimum Gasteiger partial charge on any atom is -0.478 e. The van der Waals surface area contributed by atoms with Crippen LogP contribution < -0.4 is 5.73 Å². The minimum atomic E-state index is -0.860. The van der Waals surface area contributed by atoms with Gasteiger partial charge in [-0.15, -0.1) is 0 Å². The second-order valence-electron chi connectivity index (χ2n) is 6.14. The lowest BCUT2D eigenvalue weighted by molar-refractivity contribution is 0.0698. The third-order valence-electron chi connectivity index (χ3n) is 4.41. The molecule has 22 heavy (non-hydrogen) atoms. The monoisotopic (exact) mass is 302 g/mol. The minimum absolute atomic E-state index is 0.305. The first-order valence-corrected chi connectivity index (χ1v) is 8.01. The molecule has 0 unspecified atom stereocenters. The summed E-state index contributed by atoms with van der Waals surface area (Å²) in [5.74, 6) is -0.554. The number of carboxylic acids is 1. The van der Waals surface area contributed by atoms with Crippen molar-refractivity contribution in [2.45, 2.75) is 53.0 Å². The van der Waals surface area contributed by atoms with E-state index in [1.54, 1.807) is 0 Å². The lowest BCUT2D eigenvalue weighted by Gasteiger charge is -2.12. The fourth-order valence-corrected chi connectivity index (χ4v) is 3.17. The van der Waals surface area contributed by atoms with E-state index >= 15 is 0 Å². The van der Waals surface area contributed by atoms with Crippen molar-refractivity contribution in [2.75, 3.05) is 6.54 Å². The van der Waals surface area contributed by atoms with Gasteiger partial charge in [0.05, 0.1) is 11.1 Å². The van der Waals surface area contributed by atoms with E-state index in [9.17, 15) is 9.90 Å². The van der Waals surface area contributed by atoms with Crippen LogP contribution in [-0.2, 0) is 13.0 Å². The number of hydrogen-bond acceptors (Lipinski definition) is 2. The second-order valence-corrected chi connectivity index (χ2v) is 6.14. The Kier molecular flexibility index (Phi) is 4.91. The predicted octanol–water partition coefficient (Wildman–Crippen LogP) is 3.68. The number of aromatic nitrogens is 1. The first-order chi connectivity index (χ1) is 10.4. The van der Waals surface area contributed by atoms with Gasteiger partial charge in [0.15, 0.2) is 0 Å². The third-order valence-corrected chi connectivity index (χ3v) is 4.41. The maximum atomic E-state index is 11.8. The fraction of sp³-hybridized carbons (Fsp3) is 0.500. The maximum Gasteiger partial charge on any atom is 0.337 e. The number of fused-ring (bicyclic) bond motifs is 1. The zero-order valence-corrected chi connectivity index (χ0v) is 13.9. The molecule has 0 radical (unpaired) electrons. The van der Waals surface area contributed by atoms with E-state index in [1.165, 1.54) is 5.56 Å². The Balaban J connectivity index is 2.85. The molecule has 0 aliphatic heterocycles. The first kappa shape index (κ1) is 16.6. The van der Waals surface area contributed by atoms with Crippen molar-refractivity contribution in [1.29, 1.82) is 0 Å². The molecule has 0 bridgehead atoms. The van der Waals surface area contributed by atoms with Crippen LogP contribution in [0.15, 0.2) is 12.1 Å². The smallest absolute Gasteiger partial charge is 0.337 e. The lowest BCUT2D eigenvalue weighted by Crippen LogP contribution is -2.09. The molecule has 4 heteroatoms. The molecule has 0 aliphatic rings. The van der Waals surface area contributed by atoms with Crippen LogP contribution >= 0.6 is 0 Å². The molecule has 2 rings (SSSR count). The van der Waals surface area contributed by atoms with Crippen LogP contribution in [0.1, 0.15) is 60.3 Å². The summed E-state index contributed by atoms with van der Waals surface area (Å²) >= 11 is 0. The molecule has 0 amide bonds. The van der Waals surface area contributed by atoms with Crippen molar-refractivity contribution in [1.82, 2.24) is 4.57 Å². The summed E-state index contributed by atoms with van der Waals surface area (Å²) in [7, 11) is 0. The van der Waals surface area contributed by atoms with E-state index in [2.05, 4.69) is 38.3 Å². The summed E-state index contributed by atoms with van der Waals surface area (Å²) in [5.41, 5.74) is 10.4. The molecule has 2 aromatic rings. The predicted molar refractivity (Wildman–Crippen MR) is 90.8 cm³/mol.